The molecule has 1 atom stereocenters. The van der Waals surface area contributed by atoms with E-state index in [1.54, 1.807) is 20.5 Å². The van der Waals surface area contributed by atoms with Gasteiger partial charge in [-0.3, -0.25) is 4.90 Å². The van der Waals surface area contributed by atoms with E-state index in [9.17, 15) is 14.7 Å². The van der Waals surface area contributed by atoms with E-state index in [-0.39, 0.29) is 25.6 Å². The summed E-state index contributed by atoms with van der Waals surface area (Å²) in [6.07, 6.45) is 0.846. The average molecular weight is 657 g/mol. The molecule has 2 aromatic heterocycles. The largest absolute Gasteiger partial charge is 0.444 e. The lowest BCUT2D eigenvalue weighted by Crippen LogP contribution is -2.57. The first-order valence-electron chi connectivity index (χ1n) is 16.5. The van der Waals surface area contributed by atoms with Gasteiger partial charge < -0.3 is 24.4 Å². The van der Waals surface area contributed by atoms with Crippen LogP contribution in [0.4, 0.5) is 21.1 Å². The van der Waals surface area contributed by atoms with Crippen LogP contribution < -0.4 is 9.80 Å². The molecule has 0 bridgehead atoms. The summed E-state index contributed by atoms with van der Waals surface area (Å²) >= 11 is 0. The van der Waals surface area contributed by atoms with Crippen LogP contribution in [-0.4, -0.2) is 80.3 Å². The maximum absolute atomic E-state index is 14.0. The van der Waals surface area contributed by atoms with E-state index in [0.29, 0.717) is 30.2 Å². The molecule has 0 radical (unpaired) electrons. The summed E-state index contributed by atoms with van der Waals surface area (Å²) < 4.78 is 13.3. The number of carbonyl (C=O) groups is 2. The Hall–Kier alpha value is -4.64. The molecule has 1 fully saturated rings. The van der Waals surface area contributed by atoms with Gasteiger partial charge in [-0.2, -0.15) is 0 Å². The number of aliphatic hydroxyl groups excluding tert-OH is 1. The van der Waals surface area contributed by atoms with Crippen LogP contribution in [0.25, 0.3) is 16.8 Å². The fraction of sp³-hybridized carbons (Fsp3) is 0.459. The molecule has 3 heterocycles. The number of amides is 2. The lowest BCUT2D eigenvalue weighted by atomic mass is 10.0. The van der Waals surface area contributed by atoms with E-state index in [2.05, 4.69) is 26.0 Å². The van der Waals surface area contributed by atoms with Crippen LogP contribution in [0.3, 0.4) is 0 Å². The molecule has 1 aliphatic heterocycles. The van der Waals surface area contributed by atoms with Crippen molar-refractivity contribution in [1.29, 1.82) is 0 Å². The molecule has 0 saturated carbocycles. The zero-order chi connectivity index (χ0) is 34.8. The van der Waals surface area contributed by atoms with Crippen molar-refractivity contribution in [3.63, 3.8) is 0 Å². The summed E-state index contributed by atoms with van der Waals surface area (Å²) in [5.74, 6) is 0.641. The normalized spacial score (nSPS) is 15.6. The van der Waals surface area contributed by atoms with Crippen LogP contribution in [0.5, 0.6) is 0 Å². The number of anilines is 2. The van der Waals surface area contributed by atoms with Gasteiger partial charge in [-0.25, -0.2) is 19.1 Å². The number of piperazine rings is 1. The summed E-state index contributed by atoms with van der Waals surface area (Å²) in [6, 6.07) is 19.7. The number of nitrogens with zero attached hydrogens (tertiary/aromatic N) is 6. The quantitative estimate of drug-likeness (QED) is 0.229. The highest BCUT2D eigenvalue weighted by Crippen LogP contribution is 2.32. The van der Waals surface area contributed by atoms with Crippen LogP contribution in [-0.2, 0) is 16.0 Å². The molecule has 0 spiro atoms. The molecule has 1 aliphatic rings. The van der Waals surface area contributed by atoms with Crippen molar-refractivity contribution in [2.75, 3.05) is 36.0 Å². The van der Waals surface area contributed by atoms with Gasteiger partial charge in [-0.15, -0.1) is 5.10 Å². The van der Waals surface area contributed by atoms with Crippen molar-refractivity contribution in [2.45, 2.75) is 85.1 Å². The molecular formula is C37H48N6O5. The van der Waals surface area contributed by atoms with Gasteiger partial charge in [0.2, 0.25) is 0 Å². The number of benzene rings is 2. The third kappa shape index (κ3) is 8.07. The average Bonchev–Trinajstić information content (AvgIpc) is 3.46. The molecule has 11 heteroatoms. The maximum Gasteiger partial charge on any atom is 0.415 e. The second-order valence-corrected chi connectivity index (χ2v) is 14.5. The first-order valence-corrected chi connectivity index (χ1v) is 16.5. The van der Waals surface area contributed by atoms with Crippen LogP contribution in [0, 0.1) is 0 Å². The molecular weight excluding hydrogens is 608 g/mol. The predicted molar refractivity (Wildman–Crippen MR) is 187 cm³/mol. The smallest absolute Gasteiger partial charge is 0.415 e. The fourth-order valence-corrected chi connectivity index (χ4v) is 5.68. The van der Waals surface area contributed by atoms with Crippen molar-refractivity contribution in [1.82, 2.24) is 19.5 Å². The number of imidazole rings is 1. The molecule has 0 unspecified atom stereocenters. The first-order chi connectivity index (χ1) is 22.6. The molecule has 11 nitrogen and oxygen atoms in total. The SMILES string of the molecule is CC(C)c1cnc2c(N(Cc3ccc(-c4ccccc4)cc3)C(=O)OC(C)(C)C)cc(N3CCN(C(=O)OC(C)(C)C)C[C@H]3CO)nn12. The Morgan fingerprint density at radius 1 is 0.938 bits per heavy atom. The van der Waals surface area contributed by atoms with E-state index in [0.717, 1.165) is 22.4 Å². The number of aromatic nitrogens is 3. The third-order valence-corrected chi connectivity index (χ3v) is 8.00. The van der Waals surface area contributed by atoms with E-state index >= 15 is 0 Å². The topological polar surface area (TPSA) is 113 Å². The predicted octanol–water partition coefficient (Wildman–Crippen LogP) is 6.88. The molecule has 0 aliphatic carbocycles. The summed E-state index contributed by atoms with van der Waals surface area (Å²) in [7, 11) is 0. The van der Waals surface area contributed by atoms with Gasteiger partial charge in [0.15, 0.2) is 11.5 Å². The Balaban J connectivity index is 1.56. The highest BCUT2D eigenvalue weighted by molar-refractivity contribution is 5.93. The van der Waals surface area contributed by atoms with Gasteiger partial charge in [0.1, 0.15) is 11.2 Å². The Bertz CT molecular complexity index is 1720. The van der Waals surface area contributed by atoms with Crippen molar-refractivity contribution < 1.29 is 24.2 Å². The Kier molecular flexibility index (Phi) is 10.0. The Labute approximate surface area is 283 Å². The van der Waals surface area contributed by atoms with Gasteiger partial charge in [-0.05, 0) is 64.2 Å². The first kappa shape index (κ1) is 34.7. The van der Waals surface area contributed by atoms with E-state index in [1.165, 1.54) is 0 Å². The monoisotopic (exact) mass is 656 g/mol. The maximum atomic E-state index is 14.0. The highest BCUT2D eigenvalue weighted by atomic mass is 16.6. The minimum atomic E-state index is -0.739. The summed E-state index contributed by atoms with van der Waals surface area (Å²) in [6.45, 7) is 16.2. The number of carbonyl (C=O) groups excluding carboxylic acids is 2. The fourth-order valence-electron chi connectivity index (χ4n) is 5.68. The number of aliphatic hydroxyl groups is 1. The number of hydrogen-bond acceptors (Lipinski definition) is 8. The zero-order valence-corrected chi connectivity index (χ0v) is 29.3. The minimum Gasteiger partial charge on any atom is -0.444 e. The lowest BCUT2D eigenvalue weighted by molar-refractivity contribution is 0.0196. The number of fused-ring (bicyclic) bond motifs is 1. The van der Waals surface area contributed by atoms with Crippen molar-refractivity contribution >= 4 is 29.3 Å². The molecule has 2 aromatic carbocycles. The number of ether oxygens (including phenoxy) is 2. The van der Waals surface area contributed by atoms with Crippen molar-refractivity contribution in [3.05, 3.63) is 78.1 Å². The van der Waals surface area contributed by atoms with Crippen LogP contribution >= 0.6 is 0 Å². The van der Waals surface area contributed by atoms with E-state index < -0.39 is 29.4 Å². The minimum absolute atomic E-state index is 0.0914. The summed E-state index contributed by atoms with van der Waals surface area (Å²) in [5.41, 5.74) is 3.64. The van der Waals surface area contributed by atoms with Gasteiger partial charge in [-0.1, -0.05) is 68.4 Å². The molecule has 48 heavy (non-hydrogen) atoms. The van der Waals surface area contributed by atoms with E-state index in [1.807, 2.05) is 95.0 Å². The van der Waals surface area contributed by atoms with Crippen LogP contribution in [0.2, 0.25) is 0 Å². The molecule has 256 valence electrons. The van der Waals surface area contributed by atoms with Gasteiger partial charge in [0, 0.05) is 25.7 Å². The standard InChI is InChI=1S/C37H48N6O5/c1-25(2)31-21-38-33-30(20-32(39-43(31)33)41-19-18-40(23-29(41)24-44)34(45)47-36(3,4)5)42(35(46)48-37(6,7)8)22-26-14-16-28(17-15-26)27-12-10-9-11-13-27/h9-17,20-21,25,29,44H,18-19,22-24H2,1-8H3/t29-/m0/s1. The second kappa shape index (κ2) is 13.8. The molecule has 2 amide bonds. The zero-order valence-electron chi connectivity index (χ0n) is 29.3. The van der Waals surface area contributed by atoms with Crippen LogP contribution in [0.15, 0.2) is 66.9 Å². The third-order valence-electron chi connectivity index (χ3n) is 8.00. The Morgan fingerprint density at radius 3 is 2.19 bits per heavy atom. The lowest BCUT2D eigenvalue weighted by Gasteiger charge is -2.41. The second-order valence-electron chi connectivity index (χ2n) is 14.5. The van der Waals surface area contributed by atoms with Crippen molar-refractivity contribution in [2.24, 2.45) is 0 Å². The number of hydrogen-bond donors (Lipinski definition) is 1. The van der Waals surface area contributed by atoms with E-state index in [4.69, 9.17) is 19.6 Å². The molecule has 1 N–H and O–H groups in total. The van der Waals surface area contributed by atoms with Gasteiger partial charge in [0.05, 0.1) is 36.8 Å². The summed E-state index contributed by atoms with van der Waals surface area (Å²) in [4.78, 5) is 36.9. The van der Waals surface area contributed by atoms with Crippen molar-refractivity contribution in [3.8, 4) is 11.1 Å². The van der Waals surface area contributed by atoms with Gasteiger partial charge in [0.25, 0.3) is 0 Å². The van der Waals surface area contributed by atoms with Gasteiger partial charge >= 0.3 is 12.2 Å². The summed E-state index contributed by atoms with van der Waals surface area (Å²) in [5, 5.41) is 15.5. The molecule has 5 rings (SSSR count). The number of rotatable bonds is 7. The van der Waals surface area contributed by atoms with Crippen LogP contribution in [0.1, 0.15) is 72.6 Å². The Morgan fingerprint density at radius 2 is 1.58 bits per heavy atom. The highest BCUT2D eigenvalue weighted by Gasteiger charge is 2.34. The molecule has 1 saturated heterocycles. The molecule has 4 aromatic rings.